The number of ether oxygens (including phenoxy) is 1. The van der Waals surface area contributed by atoms with E-state index in [1.807, 2.05) is 32.0 Å². The van der Waals surface area contributed by atoms with Crippen LogP contribution in [-0.4, -0.2) is 24.0 Å². The van der Waals surface area contributed by atoms with Gasteiger partial charge in [0, 0.05) is 11.3 Å². The van der Waals surface area contributed by atoms with Crippen molar-refractivity contribution in [3.8, 4) is 0 Å². The molecule has 0 aliphatic heterocycles. The third-order valence-corrected chi connectivity index (χ3v) is 3.77. The molecule has 0 fully saturated rings. The van der Waals surface area contributed by atoms with Crippen LogP contribution in [0.15, 0.2) is 42.5 Å². The molecule has 0 saturated carbocycles. The van der Waals surface area contributed by atoms with Crippen LogP contribution in [0.25, 0.3) is 0 Å². The van der Waals surface area contributed by atoms with Crippen LogP contribution in [0.5, 0.6) is 0 Å². The van der Waals surface area contributed by atoms with Gasteiger partial charge in [-0.1, -0.05) is 24.3 Å². The molecule has 0 spiro atoms. The van der Waals surface area contributed by atoms with Crippen molar-refractivity contribution in [1.82, 2.24) is 0 Å². The Hall–Kier alpha value is -2.69. The Balaban J connectivity index is 2.43. The van der Waals surface area contributed by atoms with Crippen LogP contribution < -0.4 is 4.90 Å². The Morgan fingerprint density at radius 3 is 2.15 bits per heavy atom. The van der Waals surface area contributed by atoms with E-state index in [1.54, 1.807) is 26.8 Å². The van der Waals surface area contributed by atoms with Crippen LogP contribution in [0.4, 0.5) is 10.1 Å². The Labute approximate surface area is 153 Å². The summed E-state index contributed by atoms with van der Waals surface area (Å²) >= 11 is 0. The van der Waals surface area contributed by atoms with Crippen molar-refractivity contribution in [2.45, 2.75) is 40.2 Å². The fraction of sp³-hybridized carbons (Fsp3) is 0.333. The summed E-state index contributed by atoms with van der Waals surface area (Å²) in [5, 5.41) is 0. The molecule has 2 aromatic carbocycles. The predicted octanol–water partition coefficient (Wildman–Crippen LogP) is 4.43. The van der Waals surface area contributed by atoms with E-state index in [4.69, 9.17) is 4.74 Å². The minimum atomic E-state index is -0.674. The Morgan fingerprint density at radius 2 is 1.62 bits per heavy atom. The molecule has 0 radical (unpaired) electrons. The monoisotopic (exact) mass is 357 g/mol. The molecule has 0 saturated heterocycles. The first-order chi connectivity index (χ1) is 12.1. The molecular weight excluding hydrogens is 333 g/mol. The molecule has 26 heavy (non-hydrogen) atoms. The molecule has 5 heteroatoms. The van der Waals surface area contributed by atoms with Gasteiger partial charge in [-0.2, -0.15) is 0 Å². The number of carbonyl (C=O) groups excluding carboxylic acids is 2. The average Bonchev–Trinajstić information content (AvgIpc) is 2.50. The largest absolute Gasteiger partial charge is 0.459 e. The van der Waals surface area contributed by atoms with Crippen molar-refractivity contribution in [2.75, 3.05) is 11.4 Å². The van der Waals surface area contributed by atoms with Crippen LogP contribution in [0.1, 0.15) is 42.3 Å². The third-order valence-electron chi connectivity index (χ3n) is 3.77. The number of amides is 1. The number of benzene rings is 2. The van der Waals surface area contributed by atoms with Crippen molar-refractivity contribution < 1.29 is 18.7 Å². The van der Waals surface area contributed by atoms with Gasteiger partial charge in [-0.3, -0.25) is 14.5 Å². The van der Waals surface area contributed by atoms with E-state index < -0.39 is 17.4 Å². The van der Waals surface area contributed by atoms with E-state index in [-0.39, 0.29) is 12.5 Å². The zero-order chi connectivity index (χ0) is 19.5. The number of halogens is 1. The predicted molar refractivity (Wildman–Crippen MR) is 99.8 cm³/mol. The normalized spacial score (nSPS) is 11.2. The van der Waals surface area contributed by atoms with E-state index in [9.17, 15) is 14.0 Å². The Bertz CT molecular complexity index is 804. The fourth-order valence-corrected chi connectivity index (χ4v) is 2.71. The van der Waals surface area contributed by atoms with Gasteiger partial charge in [0.15, 0.2) is 0 Å². The Kier molecular flexibility index (Phi) is 5.80. The minimum Gasteiger partial charge on any atom is -0.459 e. The molecule has 0 aliphatic carbocycles. The van der Waals surface area contributed by atoms with Gasteiger partial charge in [-0.15, -0.1) is 0 Å². The summed E-state index contributed by atoms with van der Waals surface area (Å²) in [5.74, 6) is -1.40. The second-order valence-electron chi connectivity index (χ2n) is 7.22. The highest BCUT2D eigenvalue weighted by atomic mass is 19.1. The summed E-state index contributed by atoms with van der Waals surface area (Å²) in [6, 6.07) is 11.1. The summed E-state index contributed by atoms with van der Waals surface area (Å²) in [7, 11) is 0. The Morgan fingerprint density at radius 1 is 1.04 bits per heavy atom. The van der Waals surface area contributed by atoms with Gasteiger partial charge in [0.05, 0.1) is 0 Å². The van der Waals surface area contributed by atoms with Gasteiger partial charge in [0.1, 0.15) is 18.0 Å². The fourth-order valence-electron chi connectivity index (χ4n) is 2.71. The van der Waals surface area contributed by atoms with Crippen LogP contribution in [-0.2, 0) is 9.53 Å². The van der Waals surface area contributed by atoms with Crippen molar-refractivity contribution >= 4 is 17.6 Å². The standard InChI is InChI=1S/C21H24FNO3/c1-14-8-6-9-15(2)19(14)20(25)23(13-18(24)26-21(3,4)5)17-11-7-10-16(22)12-17/h6-12H,13H2,1-5H3. The van der Waals surface area contributed by atoms with Crippen molar-refractivity contribution in [2.24, 2.45) is 0 Å². The summed E-state index contributed by atoms with van der Waals surface area (Å²) in [5.41, 5.74) is 1.72. The zero-order valence-corrected chi connectivity index (χ0v) is 15.8. The molecule has 0 N–H and O–H groups in total. The van der Waals surface area contributed by atoms with E-state index in [0.717, 1.165) is 11.1 Å². The highest BCUT2D eigenvalue weighted by Crippen LogP contribution is 2.22. The first kappa shape index (κ1) is 19.6. The van der Waals surface area contributed by atoms with E-state index in [1.165, 1.54) is 23.1 Å². The number of hydrogen-bond acceptors (Lipinski definition) is 3. The number of hydrogen-bond donors (Lipinski definition) is 0. The topological polar surface area (TPSA) is 46.6 Å². The van der Waals surface area contributed by atoms with Gasteiger partial charge in [-0.25, -0.2) is 4.39 Å². The highest BCUT2D eigenvalue weighted by Gasteiger charge is 2.26. The molecule has 0 atom stereocenters. The van der Waals surface area contributed by atoms with Crippen LogP contribution in [0, 0.1) is 19.7 Å². The molecule has 1 amide bonds. The second-order valence-corrected chi connectivity index (χ2v) is 7.22. The second kappa shape index (κ2) is 7.68. The van der Waals surface area contributed by atoms with Crippen LogP contribution in [0.2, 0.25) is 0 Å². The highest BCUT2D eigenvalue weighted by molar-refractivity contribution is 6.10. The SMILES string of the molecule is Cc1cccc(C)c1C(=O)N(CC(=O)OC(C)(C)C)c1cccc(F)c1. The molecule has 138 valence electrons. The molecule has 0 bridgehead atoms. The van der Waals surface area contributed by atoms with E-state index >= 15 is 0 Å². The molecule has 2 rings (SSSR count). The summed E-state index contributed by atoms with van der Waals surface area (Å²) in [6.07, 6.45) is 0. The first-order valence-corrected chi connectivity index (χ1v) is 8.44. The molecule has 0 heterocycles. The number of anilines is 1. The lowest BCUT2D eigenvalue weighted by Gasteiger charge is -2.26. The third kappa shape index (κ3) is 4.91. The van der Waals surface area contributed by atoms with Gasteiger partial charge >= 0.3 is 5.97 Å². The maximum Gasteiger partial charge on any atom is 0.326 e. The van der Waals surface area contributed by atoms with Gasteiger partial charge in [0.2, 0.25) is 0 Å². The van der Waals surface area contributed by atoms with Gasteiger partial charge in [0.25, 0.3) is 5.91 Å². The number of carbonyl (C=O) groups is 2. The van der Waals surface area contributed by atoms with Crippen molar-refractivity contribution in [3.05, 3.63) is 65.0 Å². The number of nitrogens with zero attached hydrogens (tertiary/aromatic N) is 1. The summed E-state index contributed by atoms with van der Waals surface area (Å²) < 4.78 is 19.0. The smallest absolute Gasteiger partial charge is 0.326 e. The summed E-state index contributed by atoms with van der Waals surface area (Å²) in [6.45, 7) is 8.63. The van der Waals surface area contributed by atoms with Crippen LogP contribution >= 0.6 is 0 Å². The zero-order valence-electron chi connectivity index (χ0n) is 15.8. The van der Waals surface area contributed by atoms with Gasteiger partial charge < -0.3 is 4.74 Å². The number of rotatable bonds is 4. The van der Waals surface area contributed by atoms with Crippen molar-refractivity contribution in [1.29, 1.82) is 0 Å². The number of esters is 1. The molecular formula is C21H24FNO3. The molecule has 0 unspecified atom stereocenters. The summed E-state index contributed by atoms with van der Waals surface area (Å²) in [4.78, 5) is 26.8. The lowest BCUT2D eigenvalue weighted by atomic mass is 10.0. The molecule has 4 nitrogen and oxygen atoms in total. The van der Waals surface area contributed by atoms with E-state index in [0.29, 0.717) is 11.3 Å². The lowest BCUT2D eigenvalue weighted by Crippen LogP contribution is -2.39. The molecule has 0 aliphatic rings. The average molecular weight is 357 g/mol. The maximum atomic E-state index is 13.7. The maximum absolute atomic E-state index is 13.7. The molecule has 0 aromatic heterocycles. The lowest BCUT2D eigenvalue weighted by molar-refractivity contribution is -0.152. The number of aryl methyl sites for hydroxylation is 2. The van der Waals surface area contributed by atoms with Gasteiger partial charge in [-0.05, 0) is 63.9 Å². The van der Waals surface area contributed by atoms with E-state index in [2.05, 4.69) is 0 Å². The minimum absolute atomic E-state index is 0.298. The quantitative estimate of drug-likeness (QED) is 0.761. The molecule has 2 aromatic rings. The van der Waals surface area contributed by atoms with Crippen molar-refractivity contribution in [3.63, 3.8) is 0 Å². The van der Waals surface area contributed by atoms with Crippen LogP contribution in [0.3, 0.4) is 0 Å². The first-order valence-electron chi connectivity index (χ1n) is 8.44.